The molecule has 6 nitrogen and oxygen atoms in total. The summed E-state index contributed by atoms with van der Waals surface area (Å²) in [5, 5.41) is 5.86. The van der Waals surface area contributed by atoms with Gasteiger partial charge in [0.2, 0.25) is 5.91 Å². The number of carbonyl (C=O) groups excluding carboxylic acids is 3. The van der Waals surface area contributed by atoms with Gasteiger partial charge in [0.05, 0.1) is 11.1 Å². The van der Waals surface area contributed by atoms with Crippen molar-refractivity contribution in [3.63, 3.8) is 0 Å². The minimum Gasteiger partial charge on any atom is -0.353 e. The Hall–Kier alpha value is -1.92. The molecule has 2 N–H and O–H groups in total. The van der Waals surface area contributed by atoms with E-state index in [2.05, 4.69) is 17.6 Å². The third kappa shape index (κ3) is 4.53. The standard InChI is InChI=1S/C16H21N3O3.ClH/c1-3-6-17-7-8-18-14(20)10-19-15(21)12-5-4-11(2)9-13(12)16(19)22;/h4-5,9,17H,3,6-8,10H2,1-2H3,(H,18,20);1H. The van der Waals surface area contributed by atoms with Gasteiger partial charge in [0.1, 0.15) is 6.54 Å². The molecule has 1 aromatic rings. The molecule has 1 aliphatic heterocycles. The van der Waals surface area contributed by atoms with Crippen LogP contribution in [-0.2, 0) is 4.79 Å². The third-order valence-corrected chi connectivity index (χ3v) is 3.48. The zero-order chi connectivity index (χ0) is 16.1. The second-order valence-corrected chi connectivity index (χ2v) is 5.35. The minimum absolute atomic E-state index is 0. The van der Waals surface area contributed by atoms with Crippen LogP contribution in [0.25, 0.3) is 0 Å². The van der Waals surface area contributed by atoms with Crippen molar-refractivity contribution in [1.82, 2.24) is 15.5 Å². The number of aryl methyl sites for hydroxylation is 1. The molecule has 0 unspecified atom stereocenters. The maximum atomic E-state index is 12.2. The molecule has 0 fully saturated rings. The summed E-state index contributed by atoms with van der Waals surface area (Å²) in [6, 6.07) is 5.10. The first-order chi connectivity index (χ1) is 10.5. The van der Waals surface area contributed by atoms with E-state index in [9.17, 15) is 14.4 Å². The summed E-state index contributed by atoms with van der Waals surface area (Å²) < 4.78 is 0. The first-order valence-corrected chi connectivity index (χ1v) is 7.49. The number of imide groups is 1. The number of nitrogens with one attached hydrogen (secondary N) is 2. The predicted molar refractivity (Wildman–Crippen MR) is 90.0 cm³/mol. The van der Waals surface area contributed by atoms with E-state index in [4.69, 9.17) is 0 Å². The molecule has 1 heterocycles. The fourth-order valence-electron chi connectivity index (χ4n) is 2.34. The monoisotopic (exact) mass is 339 g/mol. The largest absolute Gasteiger partial charge is 0.353 e. The Bertz CT molecular complexity index is 604. The molecule has 0 saturated heterocycles. The van der Waals surface area contributed by atoms with Gasteiger partial charge in [-0.15, -0.1) is 12.4 Å². The molecule has 0 atom stereocenters. The molecule has 1 aliphatic rings. The van der Waals surface area contributed by atoms with E-state index < -0.39 is 11.8 Å². The summed E-state index contributed by atoms with van der Waals surface area (Å²) in [5.74, 6) is -1.13. The van der Waals surface area contributed by atoms with E-state index in [1.807, 2.05) is 6.92 Å². The maximum Gasteiger partial charge on any atom is 0.262 e. The van der Waals surface area contributed by atoms with Crippen LogP contribution < -0.4 is 10.6 Å². The van der Waals surface area contributed by atoms with E-state index in [0.29, 0.717) is 24.2 Å². The van der Waals surface area contributed by atoms with Crippen molar-refractivity contribution in [3.8, 4) is 0 Å². The molecule has 3 amide bonds. The highest BCUT2D eigenvalue weighted by Crippen LogP contribution is 2.23. The molecule has 0 bridgehead atoms. The fraction of sp³-hybridized carbons (Fsp3) is 0.438. The van der Waals surface area contributed by atoms with Gasteiger partial charge in [0, 0.05) is 13.1 Å². The van der Waals surface area contributed by atoms with E-state index >= 15 is 0 Å². The van der Waals surface area contributed by atoms with Gasteiger partial charge in [-0.05, 0) is 32.0 Å². The number of rotatable bonds is 7. The Morgan fingerprint density at radius 1 is 1.09 bits per heavy atom. The fourth-order valence-corrected chi connectivity index (χ4v) is 2.34. The first kappa shape index (κ1) is 19.1. The highest BCUT2D eigenvalue weighted by Gasteiger charge is 2.36. The van der Waals surface area contributed by atoms with E-state index in [0.717, 1.165) is 23.4 Å². The van der Waals surface area contributed by atoms with Crippen LogP contribution in [0.15, 0.2) is 18.2 Å². The van der Waals surface area contributed by atoms with Crippen molar-refractivity contribution in [2.75, 3.05) is 26.2 Å². The maximum absolute atomic E-state index is 12.2. The number of carbonyl (C=O) groups is 3. The number of amides is 3. The van der Waals surface area contributed by atoms with Gasteiger partial charge in [0.25, 0.3) is 11.8 Å². The van der Waals surface area contributed by atoms with Gasteiger partial charge in [-0.25, -0.2) is 0 Å². The summed E-state index contributed by atoms with van der Waals surface area (Å²) >= 11 is 0. The van der Waals surface area contributed by atoms with Crippen LogP contribution in [-0.4, -0.2) is 48.8 Å². The molecule has 23 heavy (non-hydrogen) atoms. The zero-order valence-electron chi connectivity index (χ0n) is 13.3. The van der Waals surface area contributed by atoms with Crippen molar-refractivity contribution in [3.05, 3.63) is 34.9 Å². The van der Waals surface area contributed by atoms with Crippen molar-refractivity contribution < 1.29 is 14.4 Å². The number of benzene rings is 1. The smallest absolute Gasteiger partial charge is 0.262 e. The van der Waals surface area contributed by atoms with Crippen molar-refractivity contribution in [1.29, 1.82) is 0 Å². The summed E-state index contributed by atoms with van der Waals surface area (Å²) in [6.45, 7) is 5.72. The third-order valence-electron chi connectivity index (χ3n) is 3.48. The molecular formula is C16H22ClN3O3. The van der Waals surface area contributed by atoms with Crippen LogP contribution in [0.5, 0.6) is 0 Å². The average Bonchev–Trinajstić information content (AvgIpc) is 2.72. The Morgan fingerprint density at radius 3 is 2.48 bits per heavy atom. The van der Waals surface area contributed by atoms with Gasteiger partial charge in [0.15, 0.2) is 0 Å². The molecule has 0 saturated carbocycles. The lowest BCUT2D eigenvalue weighted by atomic mass is 10.1. The molecule has 126 valence electrons. The van der Waals surface area contributed by atoms with Crippen LogP contribution in [0, 0.1) is 6.92 Å². The van der Waals surface area contributed by atoms with E-state index in [-0.39, 0.29) is 24.9 Å². The second-order valence-electron chi connectivity index (χ2n) is 5.35. The lowest BCUT2D eigenvalue weighted by Gasteiger charge is -2.13. The molecular weight excluding hydrogens is 318 g/mol. The lowest BCUT2D eigenvalue weighted by molar-refractivity contribution is -0.121. The van der Waals surface area contributed by atoms with Crippen LogP contribution in [0.2, 0.25) is 0 Å². The van der Waals surface area contributed by atoms with Crippen LogP contribution >= 0.6 is 12.4 Å². The second kappa shape index (κ2) is 8.64. The molecule has 1 aromatic carbocycles. The molecule has 0 aliphatic carbocycles. The van der Waals surface area contributed by atoms with Gasteiger partial charge in [-0.2, -0.15) is 0 Å². The highest BCUT2D eigenvalue weighted by molar-refractivity contribution is 6.22. The molecule has 7 heteroatoms. The first-order valence-electron chi connectivity index (χ1n) is 7.49. The summed E-state index contributed by atoms with van der Waals surface area (Å²) in [7, 11) is 0. The molecule has 0 spiro atoms. The lowest BCUT2D eigenvalue weighted by Crippen LogP contribution is -2.42. The minimum atomic E-state index is -0.403. The quantitative estimate of drug-likeness (QED) is 0.576. The van der Waals surface area contributed by atoms with E-state index in [1.54, 1.807) is 18.2 Å². The van der Waals surface area contributed by atoms with Crippen LogP contribution in [0.4, 0.5) is 0 Å². The number of hydrogen-bond acceptors (Lipinski definition) is 4. The Balaban J connectivity index is 0.00000264. The van der Waals surface area contributed by atoms with Gasteiger partial charge < -0.3 is 10.6 Å². The van der Waals surface area contributed by atoms with Crippen molar-refractivity contribution in [2.24, 2.45) is 0 Å². The van der Waals surface area contributed by atoms with Crippen molar-refractivity contribution in [2.45, 2.75) is 20.3 Å². The van der Waals surface area contributed by atoms with Gasteiger partial charge >= 0.3 is 0 Å². The van der Waals surface area contributed by atoms with Gasteiger partial charge in [-0.1, -0.05) is 18.6 Å². The van der Waals surface area contributed by atoms with Crippen LogP contribution in [0.3, 0.4) is 0 Å². The van der Waals surface area contributed by atoms with E-state index in [1.165, 1.54) is 0 Å². The Kier molecular flexibility index (Phi) is 7.19. The summed E-state index contributed by atoms with van der Waals surface area (Å²) in [4.78, 5) is 37.3. The average molecular weight is 340 g/mol. The zero-order valence-corrected chi connectivity index (χ0v) is 14.2. The summed E-state index contributed by atoms with van der Waals surface area (Å²) in [6.07, 6.45) is 1.03. The predicted octanol–water partition coefficient (Wildman–Crippen LogP) is 1.13. The highest BCUT2D eigenvalue weighted by atomic mass is 35.5. The topological polar surface area (TPSA) is 78.5 Å². The summed E-state index contributed by atoms with van der Waals surface area (Å²) in [5.41, 5.74) is 1.66. The van der Waals surface area contributed by atoms with Crippen molar-refractivity contribution >= 4 is 30.1 Å². The molecule has 0 radical (unpaired) electrons. The number of hydrogen-bond donors (Lipinski definition) is 2. The Labute approximate surface area is 142 Å². The number of fused-ring (bicyclic) bond motifs is 1. The molecule has 2 rings (SSSR count). The number of halogens is 1. The number of nitrogens with zero attached hydrogens (tertiary/aromatic N) is 1. The molecule has 0 aromatic heterocycles. The van der Waals surface area contributed by atoms with Crippen LogP contribution in [0.1, 0.15) is 39.6 Å². The van der Waals surface area contributed by atoms with Gasteiger partial charge in [-0.3, -0.25) is 19.3 Å². The SMILES string of the molecule is CCCNCCNC(=O)CN1C(=O)c2ccc(C)cc2C1=O.Cl. The normalized spacial score (nSPS) is 12.9. The Morgan fingerprint density at radius 2 is 1.78 bits per heavy atom.